The number of alkyl halides is 2. The van der Waals surface area contributed by atoms with Gasteiger partial charge in [0.15, 0.2) is 11.6 Å². The molecule has 1 aliphatic carbocycles. The Morgan fingerprint density at radius 2 is 1.95 bits per heavy atom. The van der Waals surface area contributed by atoms with Gasteiger partial charge in [-0.3, -0.25) is 0 Å². The highest BCUT2D eigenvalue weighted by atomic mass is 19.3. The van der Waals surface area contributed by atoms with Gasteiger partial charge in [-0.2, -0.15) is 0 Å². The second-order valence-electron chi connectivity index (χ2n) is 5.10. The van der Waals surface area contributed by atoms with Gasteiger partial charge in [-0.15, -0.1) is 0 Å². The molecule has 0 bridgehead atoms. The van der Waals surface area contributed by atoms with Gasteiger partial charge in [0.1, 0.15) is 0 Å². The smallest absolute Gasteiger partial charge is 0.335 e. The van der Waals surface area contributed by atoms with Crippen molar-refractivity contribution in [2.24, 2.45) is 0 Å². The van der Waals surface area contributed by atoms with E-state index in [1.807, 2.05) is 0 Å². The van der Waals surface area contributed by atoms with Gasteiger partial charge in [0.25, 0.3) is 0 Å². The Balaban J connectivity index is 2.05. The average molecular weight is 300 g/mol. The van der Waals surface area contributed by atoms with Crippen LogP contribution >= 0.6 is 0 Å². The number of hydrogen-bond donors (Lipinski definition) is 1. The van der Waals surface area contributed by atoms with Crippen LogP contribution in [0, 0.1) is 5.82 Å². The van der Waals surface area contributed by atoms with Gasteiger partial charge in [-0.05, 0) is 30.5 Å². The summed E-state index contributed by atoms with van der Waals surface area (Å²) in [5.74, 6) is -4.70. The van der Waals surface area contributed by atoms with E-state index in [9.17, 15) is 18.0 Å². The lowest BCUT2D eigenvalue weighted by Gasteiger charge is -2.28. The van der Waals surface area contributed by atoms with Gasteiger partial charge in [0, 0.05) is 12.8 Å². The third-order valence-corrected chi connectivity index (χ3v) is 3.50. The maximum atomic E-state index is 13.9. The van der Waals surface area contributed by atoms with Gasteiger partial charge in [0.2, 0.25) is 5.92 Å². The van der Waals surface area contributed by atoms with Crippen LogP contribution in [0.2, 0.25) is 0 Å². The van der Waals surface area contributed by atoms with Crippen molar-refractivity contribution in [3.8, 4) is 5.75 Å². The van der Waals surface area contributed by atoms with E-state index >= 15 is 0 Å². The van der Waals surface area contributed by atoms with Crippen molar-refractivity contribution in [1.29, 1.82) is 0 Å². The topological polar surface area (TPSA) is 46.5 Å². The van der Waals surface area contributed by atoms with E-state index in [-0.39, 0.29) is 42.6 Å². The average Bonchev–Trinajstić information content (AvgIpc) is 2.42. The van der Waals surface area contributed by atoms with Crippen LogP contribution in [0.25, 0.3) is 5.57 Å². The third kappa shape index (κ3) is 3.77. The zero-order chi connectivity index (χ0) is 15.6. The molecule has 0 amide bonds. The SMILES string of the molecule is C=C(C(=O)O)c1ccc(OC2CCC(F)(F)CC2)c(F)c1. The highest BCUT2D eigenvalue weighted by Gasteiger charge is 2.35. The van der Waals surface area contributed by atoms with Crippen molar-refractivity contribution >= 4 is 11.5 Å². The monoisotopic (exact) mass is 300 g/mol. The number of aliphatic carboxylic acids is 1. The van der Waals surface area contributed by atoms with E-state index in [0.717, 1.165) is 6.07 Å². The first kappa shape index (κ1) is 15.4. The zero-order valence-corrected chi connectivity index (χ0v) is 11.2. The van der Waals surface area contributed by atoms with E-state index in [0.29, 0.717) is 0 Å². The van der Waals surface area contributed by atoms with Crippen LogP contribution in [0.15, 0.2) is 24.8 Å². The minimum Gasteiger partial charge on any atom is -0.487 e. The lowest BCUT2D eigenvalue weighted by atomic mass is 9.94. The molecule has 6 heteroatoms. The minimum absolute atomic E-state index is 0.0628. The number of hydrogen-bond acceptors (Lipinski definition) is 2. The molecule has 0 aromatic heterocycles. The lowest BCUT2D eigenvalue weighted by Crippen LogP contribution is -2.30. The Morgan fingerprint density at radius 3 is 2.48 bits per heavy atom. The summed E-state index contributed by atoms with van der Waals surface area (Å²) >= 11 is 0. The molecule has 0 radical (unpaired) electrons. The summed E-state index contributed by atoms with van der Waals surface area (Å²) in [4.78, 5) is 10.7. The molecule has 114 valence electrons. The molecule has 1 aliphatic rings. The Bertz CT molecular complexity index is 559. The third-order valence-electron chi connectivity index (χ3n) is 3.50. The summed E-state index contributed by atoms with van der Waals surface area (Å²) in [6, 6.07) is 3.70. The normalized spacial score (nSPS) is 18.2. The maximum Gasteiger partial charge on any atom is 0.335 e. The maximum absolute atomic E-state index is 13.9. The largest absolute Gasteiger partial charge is 0.487 e. The predicted octanol–water partition coefficient (Wildman–Crippen LogP) is 3.88. The number of ether oxygens (including phenoxy) is 1. The summed E-state index contributed by atoms with van der Waals surface area (Å²) in [6.45, 7) is 3.34. The fourth-order valence-electron chi connectivity index (χ4n) is 2.22. The van der Waals surface area contributed by atoms with Gasteiger partial charge in [-0.1, -0.05) is 12.6 Å². The standard InChI is InChI=1S/C15H15F3O3/c1-9(14(19)20)10-2-3-13(12(16)8-10)21-11-4-6-15(17,18)7-5-11/h2-3,8,11H,1,4-7H2,(H,19,20). The van der Waals surface area contributed by atoms with E-state index in [1.54, 1.807) is 0 Å². The van der Waals surface area contributed by atoms with Crippen molar-refractivity contribution in [3.05, 3.63) is 36.2 Å². The molecule has 21 heavy (non-hydrogen) atoms. The van der Waals surface area contributed by atoms with Crippen molar-refractivity contribution in [2.45, 2.75) is 37.7 Å². The molecule has 1 fully saturated rings. The van der Waals surface area contributed by atoms with Crippen molar-refractivity contribution in [3.63, 3.8) is 0 Å². The predicted molar refractivity (Wildman–Crippen MR) is 70.9 cm³/mol. The van der Waals surface area contributed by atoms with Crippen LogP contribution in [0.3, 0.4) is 0 Å². The Morgan fingerprint density at radius 1 is 1.33 bits per heavy atom. The molecule has 0 unspecified atom stereocenters. The molecular formula is C15H15F3O3. The Labute approximate surface area is 120 Å². The highest BCUT2D eigenvalue weighted by molar-refractivity contribution is 6.14. The van der Waals surface area contributed by atoms with Crippen LogP contribution in [0.1, 0.15) is 31.2 Å². The van der Waals surface area contributed by atoms with Crippen LogP contribution < -0.4 is 4.74 Å². The van der Waals surface area contributed by atoms with Crippen LogP contribution in [-0.2, 0) is 4.79 Å². The highest BCUT2D eigenvalue weighted by Crippen LogP contribution is 2.35. The molecular weight excluding hydrogens is 285 g/mol. The lowest BCUT2D eigenvalue weighted by molar-refractivity contribution is -0.130. The first-order chi connectivity index (χ1) is 9.78. The number of carboxylic acids is 1. The molecule has 0 spiro atoms. The van der Waals surface area contributed by atoms with Crippen LogP contribution in [-0.4, -0.2) is 23.1 Å². The molecule has 0 aliphatic heterocycles. The quantitative estimate of drug-likeness (QED) is 0.858. The first-order valence-electron chi connectivity index (χ1n) is 6.55. The van der Waals surface area contributed by atoms with Crippen molar-refractivity contribution < 1.29 is 27.8 Å². The molecule has 0 saturated heterocycles. The van der Waals surface area contributed by atoms with Gasteiger partial charge in [-0.25, -0.2) is 18.0 Å². The number of rotatable bonds is 4. The van der Waals surface area contributed by atoms with E-state index in [1.165, 1.54) is 12.1 Å². The first-order valence-corrected chi connectivity index (χ1v) is 6.55. The molecule has 0 heterocycles. The fraction of sp³-hybridized carbons (Fsp3) is 0.400. The molecule has 0 atom stereocenters. The second-order valence-corrected chi connectivity index (χ2v) is 5.10. The summed E-state index contributed by atoms with van der Waals surface area (Å²) in [5.41, 5.74) is -0.0831. The number of carbonyl (C=O) groups is 1. The summed E-state index contributed by atoms with van der Waals surface area (Å²) in [7, 11) is 0. The number of benzene rings is 1. The number of carboxylic acid groups (broad SMARTS) is 1. The van der Waals surface area contributed by atoms with Crippen molar-refractivity contribution in [1.82, 2.24) is 0 Å². The Hall–Kier alpha value is -1.98. The molecule has 3 nitrogen and oxygen atoms in total. The van der Waals surface area contributed by atoms with Gasteiger partial charge < -0.3 is 9.84 Å². The Kier molecular flexibility index (Phi) is 4.25. The van der Waals surface area contributed by atoms with E-state index in [4.69, 9.17) is 9.84 Å². The van der Waals surface area contributed by atoms with Gasteiger partial charge >= 0.3 is 5.97 Å². The molecule has 1 aromatic carbocycles. The molecule has 1 aromatic rings. The molecule has 2 rings (SSSR count). The molecule has 1 N–H and O–H groups in total. The molecule has 1 saturated carbocycles. The van der Waals surface area contributed by atoms with Crippen molar-refractivity contribution in [2.75, 3.05) is 0 Å². The second kappa shape index (κ2) is 5.79. The van der Waals surface area contributed by atoms with E-state index < -0.39 is 23.8 Å². The summed E-state index contributed by atoms with van der Waals surface area (Å²) < 4.78 is 45.3. The minimum atomic E-state index is -2.67. The number of halogens is 3. The van der Waals surface area contributed by atoms with Crippen LogP contribution in [0.4, 0.5) is 13.2 Å². The summed E-state index contributed by atoms with van der Waals surface area (Å²) in [6.07, 6.45) is -0.667. The summed E-state index contributed by atoms with van der Waals surface area (Å²) in [5, 5.41) is 8.78. The van der Waals surface area contributed by atoms with E-state index in [2.05, 4.69) is 6.58 Å². The zero-order valence-electron chi connectivity index (χ0n) is 11.2. The van der Waals surface area contributed by atoms with Gasteiger partial charge in [0.05, 0.1) is 11.7 Å². The van der Waals surface area contributed by atoms with Crippen LogP contribution in [0.5, 0.6) is 5.75 Å². The fourth-order valence-corrected chi connectivity index (χ4v) is 2.22.